The molecule has 128 valence electrons. The van der Waals surface area contributed by atoms with Crippen molar-refractivity contribution in [3.63, 3.8) is 0 Å². The van der Waals surface area contributed by atoms with Crippen LogP contribution in [0.25, 0.3) is 16.9 Å². The topological polar surface area (TPSA) is 59.3 Å². The van der Waals surface area contributed by atoms with Gasteiger partial charge in [0.1, 0.15) is 0 Å². The minimum absolute atomic E-state index is 0.0800. The fourth-order valence-corrected chi connectivity index (χ4v) is 2.83. The second-order valence-corrected chi connectivity index (χ2v) is 7.68. The van der Waals surface area contributed by atoms with Crippen LogP contribution in [0.4, 0.5) is 0 Å². The molecule has 0 unspecified atom stereocenters. The molecule has 0 saturated heterocycles. The lowest BCUT2D eigenvalue weighted by Crippen LogP contribution is -2.27. The zero-order chi connectivity index (χ0) is 17.6. The molecule has 1 saturated carbocycles. The molecule has 2 heterocycles. The minimum Gasteiger partial charge on any atom is -0.349 e. The Labute approximate surface area is 147 Å². The molecule has 1 aromatic carbocycles. The van der Waals surface area contributed by atoms with Crippen LogP contribution in [0.5, 0.6) is 0 Å². The largest absolute Gasteiger partial charge is 0.349 e. The van der Waals surface area contributed by atoms with Gasteiger partial charge in [-0.25, -0.2) is 9.50 Å². The molecule has 1 amide bonds. The SMILES string of the molecule is CC(C)(C)c1cc2ncc(C(=O)NC3CC3)c(-c3ccccc3)n2n1. The normalized spacial score (nSPS) is 14.7. The van der Waals surface area contributed by atoms with Gasteiger partial charge in [-0.15, -0.1) is 0 Å². The van der Waals surface area contributed by atoms with E-state index < -0.39 is 0 Å². The minimum atomic E-state index is -0.0852. The van der Waals surface area contributed by atoms with Crippen LogP contribution in [-0.2, 0) is 5.41 Å². The van der Waals surface area contributed by atoms with Crippen LogP contribution >= 0.6 is 0 Å². The Kier molecular flexibility index (Phi) is 3.60. The van der Waals surface area contributed by atoms with E-state index in [1.807, 2.05) is 36.4 Å². The molecule has 1 N–H and O–H groups in total. The second kappa shape index (κ2) is 5.69. The number of carbonyl (C=O) groups is 1. The van der Waals surface area contributed by atoms with Gasteiger partial charge in [-0.3, -0.25) is 4.79 Å². The highest BCUT2D eigenvalue weighted by molar-refractivity contribution is 6.00. The number of hydrogen-bond donors (Lipinski definition) is 1. The Morgan fingerprint density at radius 3 is 2.56 bits per heavy atom. The van der Waals surface area contributed by atoms with Crippen molar-refractivity contribution in [3.05, 3.63) is 53.9 Å². The van der Waals surface area contributed by atoms with Gasteiger partial charge in [-0.2, -0.15) is 5.10 Å². The molecule has 0 spiro atoms. The number of hydrogen-bond acceptors (Lipinski definition) is 3. The molecule has 5 nitrogen and oxygen atoms in total. The van der Waals surface area contributed by atoms with Crippen molar-refractivity contribution in [2.75, 3.05) is 0 Å². The number of nitrogens with zero attached hydrogens (tertiary/aromatic N) is 3. The molecule has 1 aliphatic carbocycles. The van der Waals surface area contributed by atoms with Crippen molar-refractivity contribution in [1.82, 2.24) is 19.9 Å². The maximum Gasteiger partial charge on any atom is 0.255 e. The summed E-state index contributed by atoms with van der Waals surface area (Å²) in [4.78, 5) is 17.2. The molecule has 3 aromatic rings. The van der Waals surface area contributed by atoms with E-state index >= 15 is 0 Å². The summed E-state index contributed by atoms with van der Waals surface area (Å²) in [6.07, 6.45) is 3.78. The lowest BCUT2D eigenvalue weighted by Gasteiger charge is -2.14. The third-order valence-electron chi connectivity index (χ3n) is 4.46. The van der Waals surface area contributed by atoms with Crippen LogP contribution in [0.15, 0.2) is 42.6 Å². The number of nitrogens with one attached hydrogen (secondary N) is 1. The molecule has 25 heavy (non-hydrogen) atoms. The molecule has 1 aliphatic rings. The summed E-state index contributed by atoms with van der Waals surface area (Å²) in [6, 6.07) is 12.2. The van der Waals surface area contributed by atoms with E-state index in [0.717, 1.165) is 35.4 Å². The van der Waals surface area contributed by atoms with Gasteiger partial charge in [0.2, 0.25) is 0 Å². The Bertz CT molecular complexity index is 933. The highest BCUT2D eigenvalue weighted by atomic mass is 16.1. The number of benzene rings is 1. The van der Waals surface area contributed by atoms with Crippen molar-refractivity contribution in [3.8, 4) is 11.3 Å². The smallest absolute Gasteiger partial charge is 0.255 e. The molecular weight excluding hydrogens is 312 g/mol. The standard InChI is InChI=1S/C20H22N4O/c1-20(2,3)16-11-17-21-12-15(19(25)22-14-9-10-14)18(24(17)23-16)13-7-5-4-6-8-13/h4-8,11-12,14H,9-10H2,1-3H3,(H,22,25). The third kappa shape index (κ3) is 3.02. The quantitative estimate of drug-likeness (QED) is 0.796. The van der Waals surface area contributed by atoms with E-state index in [1.54, 1.807) is 10.7 Å². The van der Waals surface area contributed by atoms with Gasteiger partial charge in [0.25, 0.3) is 5.91 Å². The third-order valence-corrected chi connectivity index (χ3v) is 4.46. The van der Waals surface area contributed by atoms with E-state index in [1.165, 1.54) is 0 Å². The van der Waals surface area contributed by atoms with Crippen LogP contribution in [-0.4, -0.2) is 26.5 Å². The molecule has 1 fully saturated rings. The molecule has 4 rings (SSSR count). The zero-order valence-electron chi connectivity index (χ0n) is 14.8. The number of carbonyl (C=O) groups excluding carboxylic acids is 1. The first-order chi connectivity index (χ1) is 11.9. The average Bonchev–Trinajstić information content (AvgIpc) is 3.27. The predicted octanol–water partition coefficient (Wildman–Crippen LogP) is 3.59. The first-order valence-corrected chi connectivity index (χ1v) is 8.69. The summed E-state index contributed by atoms with van der Waals surface area (Å²) in [5.74, 6) is -0.0800. The number of aromatic nitrogens is 3. The summed E-state index contributed by atoms with van der Waals surface area (Å²) in [7, 11) is 0. The van der Waals surface area contributed by atoms with Crippen LogP contribution in [0.2, 0.25) is 0 Å². The van der Waals surface area contributed by atoms with Crippen molar-refractivity contribution in [2.24, 2.45) is 0 Å². The summed E-state index contributed by atoms with van der Waals surface area (Å²) in [6.45, 7) is 6.37. The van der Waals surface area contributed by atoms with E-state index in [-0.39, 0.29) is 11.3 Å². The second-order valence-electron chi connectivity index (χ2n) is 7.68. The summed E-state index contributed by atoms with van der Waals surface area (Å²) in [5.41, 5.74) is 3.94. The van der Waals surface area contributed by atoms with E-state index in [0.29, 0.717) is 11.6 Å². The maximum atomic E-state index is 12.7. The maximum absolute atomic E-state index is 12.7. The van der Waals surface area contributed by atoms with Gasteiger partial charge < -0.3 is 5.32 Å². The van der Waals surface area contributed by atoms with Crippen molar-refractivity contribution >= 4 is 11.6 Å². The van der Waals surface area contributed by atoms with E-state index in [4.69, 9.17) is 5.10 Å². The number of rotatable bonds is 3. The van der Waals surface area contributed by atoms with E-state index in [9.17, 15) is 4.79 Å². The number of fused-ring (bicyclic) bond motifs is 1. The molecule has 0 radical (unpaired) electrons. The molecule has 2 aromatic heterocycles. The fourth-order valence-electron chi connectivity index (χ4n) is 2.83. The van der Waals surface area contributed by atoms with Crippen molar-refractivity contribution in [1.29, 1.82) is 0 Å². The Morgan fingerprint density at radius 2 is 1.92 bits per heavy atom. The first-order valence-electron chi connectivity index (χ1n) is 8.69. The van der Waals surface area contributed by atoms with Crippen LogP contribution in [0.3, 0.4) is 0 Å². The molecule has 0 bridgehead atoms. The van der Waals surface area contributed by atoms with E-state index in [2.05, 4.69) is 31.1 Å². The predicted molar refractivity (Wildman–Crippen MR) is 97.6 cm³/mol. The average molecular weight is 334 g/mol. The van der Waals surface area contributed by atoms with Gasteiger partial charge in [0.05, 0.1) is 17.0 Å². The molecule has 5 heteroatoms. The highest BCUT2D eigenvalue weighted by Crippen LogP contribution is 2.28. The van der Waals surface area contributed by atoms with Gasteiger partial charge in [-0.05, 0) is 12.8 Å². The van der Waals surface area contributed by atoms with Gasteiger partial charge in [0.15, 0.2) is 5.65 Å². The van der Waals surface area contributed by atoms with Crippen LogP contribution < -0.4 is 5.32 Å². The number of amides is 1. The summed E-state index contributed by atoms with van der Waals surface area (Å²) < 4.78 is 1.80. The summed E-state index contributed by atoms with van der Waals surface area (Å²) >= 11 is 0. The van der Waals surface area contributed by atoms with Gasteiger partial charge in [0, 0.05) is 29.3 Å². The fraction of sp³-hybridized carbons (Fsp3) is 0.350. The monoisotopic (exact) mass is 334 g/mol. The van der Waals surface area contributed by atoms with Crippen molar-refractivity contribution < 1.29 is 4.79 Å². The van der Waals surface area contributed by atoms with Crippen molar-refractivity contribution in [2.45, 2.75) is 45.1 Å². The van der Waals surface area contributed by atoms with Gasteiger partial charge >= 0.3 is 0 Å². The molecular formula is C20H22N4O. The van der Waals surface area contributed by atoms with Crippen LogP contribution in [0.1, 0.15) is 49.7 Å². The zero-order valence-corrected chi connectivity index (χ0v) is 14.8. The highest BCUT2D eigenvalue weighted by Gasteiger charge is 2.27. The van der Waals surface area contributed by atoms with Crippen LogP contribution in [0, 0.1) is 0 Å². The summed E-state index contributed by atoms with van der Waals surface area (Å²) in [5, 5.41) is 7.83. The lowest BCUT2D eigenvalue weighted by atomic mass is 9.93. The van der Waals surface area contributed by atoms with Gasteiger partial charge in [-0.1, -0.05) is 51.1 Å². The Hall–Kier alpha value is -2.69. The first kappa shape index (κ1) is 15.8. The molecule has 0 atom stereocenters. The lowest BCUT2D eigenvalue weighted by molar-refractivity contribution is 0.0951. The molecule has 0 aliphatic heterocycles. The Morgan fingerprint density at radius 1 is 1.20 bits per heavy atom. The Balaban J connectivity index is 1.93.